The van der Waals surface area contributed by atoms with E-state index in [0.29, 0.717) is 12.1 Å². The van der Waals surface area contributed by atoms with Crippen molar-refractivity contribution < 1.29 is 9.53 Å². The van der Waals surface area contributed by atoms with Crippen LogP contribution < -0.4 is 0 Å². The fraction of sp³-hybridized carbons (Fsp3) is 0.917. The van der Waals surface area contributed by atoms with E-state index < -0.39 is 0 Å². The van der Waals surface area contributed by atoms with Crippen molar-refractivity contribution in [3.05, 3.63) is 0 Å². The number of hydrogen-bond acceptors (Lipinski definition) is 3. The van der Waals surface area contributed by atoms with E-state index in [2.05, 4.69) is 25.8 Å². The van der Waals surface area contributed by atoms with Crippen LogP contribution in [0.25, 0.3) is 0 Å². The largest absolute Gasteiger partial charge is 0.377 e. The number of likely N-dealkylation sites (N-methyl/N-ethyl adjacent to an activating group) is 1. The van der Waals surface area contributed by atoms with Gasteiger partial charge in [-0.15, -0.1) is 0 Å². The summed E-state index contributed by atoms with van der Waals surface area (Å²) in [7, 11) is 2.09. The quantitative estimate of drug-likeness (QED) is 0.651. The highest BCUT2D eigenvalue weighted by atomic mass is 16.5. The fourth-order valence-electron chi connectivity index (χ4n) is 2.22. The van der Waals surface area contributed by atoms with Gasteiger partial charge in [-0.1, -0.05) is 13.8 Å². The van der Waals surface area contributed by atoms with Gasteiger partial charge in [-0.05, 0) is 26.8 Å². The van der Waals surface area contributed by atoms with Crippen LogP contribution in [0.15, 0.2) is 0 Å². The Morgan fingerprint density at radius 3 is 2.67 bits per heavy atom. The van der Waals surface area contributed by atoms with Crippen LogP contribution in [0.3, 0.4) is 0 Å². The second-order valence-electron chi connectivity index (χ2n) is 4.97. The fourth-order valence-corrected chi connectivity index (χ4v) is 2.22. The van der Waals surface area contributed by atoms with Gasteiger partial charge in [0, 0.05) is 24.6 Å². The summed E-state index contributed by atoms with van der Waals surface area (Å²) in [5, 5.41) is 0. The summed E-state index contributed by atoms with van der Waals surface area (Å²) in [5.74, 6) is 0. The van der Waals surface area contributed by atoms with Crippen molar-refractivity contribution in [2.24, 2.45) is 5.41 Å². The van der Waals surface area contributed by atoms with Crippen molar-refractivity contribution in [3.63, 3.8) is 0 Å². The molecule has 0 aliphatic carbocycles. The van der Waals surface area contributed by atoms with E-state index in [1.54, 1.807) is 0 Å². The van der Waals surface area contributed by atoms with E-state index in [-0.39, 0.29) is 5.41 Å². The van der Waals surface area contributed by atoms with Crippen LogP contribution >= 0.6 is 0 Å². The first-order chi connectivity index (χ1) is 7.02. The molecule has 1 heterocycles. The lowest BCUT2D eigenvalue weighted by Crippen LogP contribution is -2.43. The zero-order valence-electron chi connectivity index (χ0n) is 10.3. The lowest BCUT2D eigenvalue weighted by molar-refractivity contribution is -0.116. The number of carbonyl (C=O) groups is 1. The maximum Gasteiger partial charge on any atom is 0.127 e. The van der Waals surface area contributed by atoms with Gasteiger partial charge in [0.25, 0.3) is 0 Å². The third-order valence-electron chi connectivity index (χ3n) is 3.61. The first-order valence-corrected chi connectivity index (χ1v) is 5.80. The van der Waals surface area contributed by atoms with Gasteiger partial charge in [-0.25, -0.2) is 0 Å². The maximum absolute atomic E-state index is 11.0. The minimum atomic E-state index is -0.211. The number of hydrogen-bond donors (Lipinski definition) is 0. The molecule has 1 rings (SSSR count). The predicted molar refractivity (Wildman–Crippen MR) is 60.9 cm³/mol. The lowest BCUT2D eigenvalue weighted by atomic mass is 9.88. The Labute approximate surface area is 92.8 Å². The molecule has 15 heavy (non-hydrogen) atoms. The summed E-state index contributed by atoms with van der Waals surface area (Å²) in [6.07, 6.45) is 3.35. The molecule has 0 aromatic heterocycles. The Bertz CT molecular complexity index is 220. The molecule has 3 atom stereocenters. The number of nitrogens with zero attached hydrogens (tertiary/aromatic N) is 1. The van der Waals surface area contributed by atoms with Gasteiger partial charge in [0.2, 0.25) is 0 Å². The molecule has 0 aromatic rings. The molecule has 88 valence electrons. The first-order valence-electron chi connectivity index (χ1n) is 5.80. The van der Waals surface area contributed by atoms with E-state index in [9.17, 15) is 4.79 Å². The minimum Gasteiger partial charge on any atom is -0.377 e. The standard InChI is InChI=1S/C12H23NO2/c1-5-12(3,9-14)8-13(4)11-6-7-15-10(11)2/h9-11H,5-8H2,1-4H3. The highest BCUT2D eigenvalue weighted by Crippen LogP contribution is 2.24. The smallest absolute Gasteiger partial charge is 0.127 e. The number of aldehydes is 1. The van der Waals surface area contributed by atoms with Crippen LogP contribution in [-0.4, -0.2) is 43.5 Å². The van der Waals surface area contributed by atoms with Gasteiger partial charge in [-0.3, -0.25) is 4.90 Å². The summed E-state index contributed by atoms with van der Waals surface area (Å²) in [6, 6.07) is 0.468. The summed E-state index contributed by atoms with van der Waals surface area (Å²) >= 11 is 0. The second kappa shape index (κ2) is 5.08. The van der Waals surface area contributed by atoms with E-state index in [1.807, 2.05) is 6.92 Å². The van der Waals surface area contributed by atoms with Gasteiger partial charge in [-0.2, -0.15) is 0 Å². The van der Waals surface area contributed by atoms with Crippen LogP contribution in [0, 0.1) is 5.41 Å². The van der Waals surface area contributed by atoms with Crippen molar-refractivity contribution in [1.82, 2.24) is 4.90 Å². The molecule has 0 bridgehead atoms. The average Bonchev–Trinajstić information content (AvgIpc) is 2.64. The molecule has 3 nitrogen and oxygen atoms in total. The zero-order valence-corrected chi connectivity index (χ0v) is 10.3. The SMILES string of the molecule is CCC(C)(C=O)CN(C)C1CCOC1C. The molecule has 0 aromatic carbocycles. The second-order valence-corrected chi connectivity index (χ2v) is 4.97. The Balaban J connectivity index is 2.53. The molecule has 1 aliphatic rings. The predicted octanol–water partition coefficient (Wildman–Crippen LogP) is 1.71. The monoisotopic (exact) mass is 213 g/mol. The Morgan fingerprint density at radius 2 is 2.27 bits per heavy atom. The molecule has 0 saturated carbocycles. The van der Waals surface area contributed by atoms with Crippen molar-refractivity contribution >= 4 is 6.29 Å². The van der Waals surface area contributed by atoms with Crippen molar-refractivity contribution in [2.75, 3.05) is 20.2 Å². The van der Waals surface area contributed by atoms with Crippen LogP contribution in [0.4, 0.5) is 0 Å². The molecule has 0 radical (unpaired) electrons. The highest BCUT2D eigenvalue weighted by molar-refractivity contribution is 5.58. The van der Waals surface area contributed by atoms with E-state index >= 15 is 0 Å². The minimum absolute atomic E-state index is 0.211. The third kappa shape index (κ3) is 3.02. The number of rotatable bonds is 5. The number of ether oxygens (including phenoxy) is 1. The van der Waals surface area contributed by atoms with Crippen LogP contribution in [0.2, 0.25) is 0 Å². The Kier molecular flexibility index (Phi) is 4.29. The van der Waals surface area contributed by atoms with E-state index in [1.165, 1.54) is 0 Å². The molecule has 3 unspecified atom stereocenters. The van der Waals surface area contributed by atoms with E-state index in [0.717, 1.165) is 32.3 Å². The summed E-state index contributed by atoms with van der Waals surface area (Å²) < 4.78 is 5.54. The van der Waals surface area contributed by atoms with E-state index in [4.69, 9.17) is 4.74 Å². The topological polar surface area (TPSA) is 29.5 Å². The van der Waals surface area contributed by atoms with Crippen molar-refractivity contribution in [3.8, 4) is 0 Å². The zero-order chi connectivity index (χ0) is 11.5. The third-order valence-corrected chi connectivity index (χ3v) is 3.61. The average molecular weight is 213 g/mol. The number of carbonyl (C=O) groups excluding carboxylic acids is 1. The van der Waals surface area contributed by atoms with Gasteiger partial charge in [0.05, 0.1) is 6.10 Å². The maximum atomic E-state index is 11.0. The lowest BCUT2D eigenvalue weighted by Gasteiger charge is -2.33. The molecule has 3 heteroatoms. The molecule has 0 N–H and O–H groups in total. The Hall–Kier alpha value is -0.410. The molecule has 1 saturated heterocycles. The van der Waals surface area contributed by atoms with Crippen LogP contribution in [-0.2, 0) is 9.53 Å². The van der Waals surface area contributed by atoms with Gasteiger partial charge >= 0.3 is 0 Å². The summed E-state index contributed by atoms with van der Waals surface area (Å²) in [4.78, 5) is 13.3. The van der Waals surface area contributed by atoms with Crippen molar-refractivity contribution in [2.45, 2.75) is 45.8 Å². The normalized spacial score (nSPS) is 30.5. The summed E-state index contributed by atoms with van der Waals surface area (Å²) in [6.45, 7) is 7.87. The van der Waals surface area contributed by atoms with Crippen LogP contribution in [0.5, 0.6) is 0 Å². The van der Waals surface area contributed by atoms with Crippen molar-refractivity contribution in [1.29, 1.82) is 0 Å². The molecule has 0 spiro atoms. The Morgan fingerprint density at radius 1 is 1.60 bits per heavy atom. The molecule has 1 fully saturated rings. The first kappa shape index (κ1) is 12.7. The summed E-state index contributed by atoms with van der Waals surface area (Å²) in [5.41, 5.74) is -0.211. The van der Waals surface area contributed by atoms with Gasteiger partial charge in [0.15, 0.2) is 0 Å². The van der Waals surface area contributed by atoms with Gasteiger partial charge < -0.3 is 9.53 Å². The van der Waals surface area contributed by atoms with Crippen LogP contribution in [0.1, 0.15) is 33.6 Å². The molecule has 1 aliphatic heterocycles. The molecular formula is C12H23NO2. The highest BCUT2D eigenvalue weighted by Gasteiger charge is 2.32. The van der Waals surface area contributed by atoms with Gasteiger partial charge in [0.1, 0.15) is 6.29 Å². The molecular weight excluding hydrogens is 190 g/mol. The molecule has 0 amide bonds.